The number of benzene rings is 2. The van der Waals surface area contributed by atoms with Gasteiger partial charge in [-0.25, -0.2) is 0 Å². The molecule has 3 saturated heterocycles. The molecule has 2 aliphatic carbocycles. The lowest BCUT2D eigenvalue weighted by Crippen LogP contribution is -2.66. The van der Waals surface area contributed by atoms with Crippen LogP contribution in [0.15, 0.2) is 48.5 Å². The Morgan fingerprint density at radius 1 is 1.16 bits per heavy atom. The minimum Gasteiger partial charge on any atom is -0.406 e. The predicted octanol–water partition coefficient (Wildman–Crippen LogP) is 5.01. The number of hydrogen-bond donors (Lipinski definition) is 2. The third-order valence-electron chi connectivity index (χ3n) is 11.3. The summed E-state index contributed by atoms with van der Waals surface area (Å²) >= 11 is 0. The molecule has 5 nitrogen and oxygen atoms in total. The van der Waals surface area contributed by atoms with E-state index in [4.69, 9.17) is 10.6 Å². The van der Waals surface area contributed by atoms with Crippen LogP contribution < -0.4 is 15.9 Å². The van der Waals surface area contributed by atoms with Crippen molar-refractivity contribution in [3.8, 4) is 5.75 Å². The summed E-state index contributed by atoms with van der Waals surface area (Å²) in [4.78, 5) is 9.48. The van der Waals surface area contributed by atoms with Crippen molar-refractivity contribution in [2.75, 3.05) is 31.9 Å². The molecule has 6 unspecified atom stereocenters. The van der Waals surface area contributed by atoms with Gasteiger partial charge >= 0.3 is 0 Å². The van der Waals surface area contributed by atoms with Crippen molar-refractivity contribution in [2.45, 2.75) is 82.3 Å². The van der Waals surface area contributed by atoms with E-state index in [9.17, 15) is 0 Å². The van der Waals surface area contributed by atoms with Crippen molar-refractivity contribution >= 4 is 5.69 Å². The Morgan fingerprint density at radius 2 is 2.03 bits per heavy atom. The first kappa shape index (κ1) is 24.0. The molecule has 0 amide bonds. The van der Waals surface area contributed by atoms with E-state index in [0.717, 1.165) is 24.4 Å². The molecule has 4 fully saturated rings. The summed E-state index contributed by atoms with van der Waals surface area (Å²) in [6.07, 6.45) is 8.80. The molecule has 0 spiro atoms. The van der Waals surface area contributed by atoms with Gasteiger partial charge in [-0.1, -0.05) is 38.1 Å². The zero-order valence-corrected chi connectivity index (χ0v) is 22.7. The molecule has 3 aliphatic heterocycles. The molecule has 2 aromatic rings. The van der Waals surface area contributed by atoms with Gasteiger partial charge in [0.05, 0.1) is 0 Å². The zero-order chi connectivity index (χ0) is 25.2. The second-order valence-corrected chi connectivity index (χ2v) is 12.9. The Labute approximate surface area is 222 Å². The van der Waals surface area contributed by atoms with Crippen LogP contribution in [0.4, 0.5) is 5.69 Å². The average molecular weight is 501 g/mol. The number of hydroxylamine groups is 2. The maximum absolute atomic E-state index is 6.58. The number of rotatable bonds is 6. The van der Waals surface area contributed by atoms with Gasteiger partial charge in [-0.15, -0.1) is 5.06 Å². The number of fused-ring (bicyclic) bond motifs is 2. The first-order valence-corrected chi connectivity index (χ1v) is 14.9. The summed E-state index contributed by atoms with van der Waals surface area (Å²) in [5.74, 6) is 2.22. The van der Waals surface area contributed by atoms with E-state index in [-0.39, 0.29) is 10.8 Å². The Hall–Kier alpha value is -2.08. The highest BCUT2D eigenvalue weighted by Crippen LogP contribution is 2.71. The number of nitrogen functional groups attached to an aromatic ring is 1. The smallest absolute Gasteiger partial charge is 0.147 e. The van der Waals surface area contributed by atoms with Gasteiger partial charge in [-0.2, -0.15) is 0 Å². The average Bonchev–Trinajstić information content (AvgIpc) is 3.59. The fourth-order valence-electron chi connectivity index (χ4n) is 9.91. The number of nitrogens with two attached hydrogens (primary N) is 1. The SMILES string of the molecule is CCC1C2[C@@H](CN1Oc1ccccc1)CC1(C)C3Cc4ccc(N)cc4C21CCN3CCC1CCCN1. The lowest BCUT2D eigenvalue weighted by Gasteiger charge is -2.63. The summed E-state index contributed by atoms with van der Waals surface area (Å²) < 4.78 is 0. The molecule has 3 N–H and O–H groups in total. The molecule has 1 saturated carbocycles. The van der Waals surface area contributed by atoms with Crippen LogP contribution in [0.1, 0.15) is 63.5 Å². The Morgan fingerprint density at radius 3 is 2.81 bits per heavy atom. The number of piperidine rings is 1. The lowest BCUT2D eigenvalue weighted by atomic mass is 9.48. The Balaban J connectivity index is 1.26. The van der Waals surface area contributed by atoms with Gasteiger partial charge in [0.2, 0.25) is 0 Å². The van der Waals surface area contributed by atoms with Crippen LogP contribution >= 0.6 is 0 Å². The van der Waals surface area contributed by atoms with Crippen molar-refractivity contribution in [1.82, 2.24) is 15.3 Å². The van der Waals surface area contributed by atoms with Crippen LogP contribution in [-0.2, 0) is 11.8 Å². The third kappa shape index (κ3) is 3.53. The van der Waals surface area contributed by atoms with Gasteiger partial charge in [0.1, 0.15) is 5.75 Å². The molecule has 198 valence electrons. The molecule has 7 atom stereocenters. The molecule has 2 bridgehead atoms. The quantitative estimate of drug-likeness (QED) is 0.546. The predicted molar refractivity (Wildman–Crippen MR) is 149 cm³/mol. The minimum atomic E-state index is 0.170. The molecule has 2 aromatic carbocycles. The van der Waals surface area contributed by atoms with Gasteiger partial charge in [0, 0.05) is 35.8 Å². The second-order valence-electron chi connectivity index (χ2n) is 12.9. The minimum absolute atomic E-state index is 0.170. The molecule has 3 heterocycles. The number of nitrogens with zero attached hydrogens (tertiary/aromatic N) is 2. The van der Waals surface area contributed by atoms with Crippen LogP contribution in [0.3, 0.4) is 0 Å². The van der Waals surface area contributed by atoms with Crippen LogP contribution in [0.25, 0.3) is 0 Å². The van der Waals surface area contributed by atoms with Crippen molar-refractivity contribution < 1.29 is 4.84 Å². The fraction of sp³-hybridized carbons (Fsp3) is 0.625. The van der Waals surface area contributed by atoms with Gasteiger partial charge in [-0.05, 0) is 117 Å². The summed E-state index contributed by atoms with van der Waals surface area (Å²) in [6, 6.07) is 19.0. The number of para-hydroxylation sites is 1. The van der Waals surface area contributed by atoms with E-state index in [1.165, 1.54) is 58.2 Å². The van der Waals surface area contributed by atoms with Crippen LogP contribution in [0.2, 0.25) is 0 Å². The van der Waals surface area contributed by atoms with Crippen molar-refractivity contribution in [3.05, 3.63) is 59.7 Å². The molecule has 5 aliphatic rings. The molecular weight excluding hydrogens is 456 g/mol. The first-order chi connectivity index (χ1) is 18.0. The van der Waals surface area contributed by atoms with Gasteiger partial charge < -0.3 is 15.9 Å². The molecule has 7 rings (SSSR count). The van der Waals surface area contributed by atoms with Crippen LogP contribution in [0.5, 0.6) is 5.75 Å². The standard InChI is InChI=1S/C32H44N4O/c1-3-28-30-23(21-36(28)37-26-9-5-4-6-10-26)20-31(2)29-18-22-11-12-24(33)19-27(22)32(30,31)14-17-35(29)16-13-25-8-7-15-34-25/h4-6,9-12,19,23,25,28-30,34H,3,7-8,13-18,20-21,33H2,1-2H3/t23-,25?,28?,29?,30?,31?,32?/m1/s1. The van der Waals surface area contributed by atoms with Gasteiger partial charge in [0.25, 0.3) is 0 Å². The monoisotopic (exact) mass is 500 g/mol. The van der Waals surface area contributed by atoms with Gasteiger partial charge in [-0.3, -0.25) is 4.90 Å². The molecular formula is C32H44N4O. The highest BCUT2D eigenvalue weighted by Gasteiger charge is 2.72. The largest absolute Gasteiger partial charge is 0.406 e. The second kappa shape index (κ2) is 9.00. The van der Waals surface area contributed by atoms with E-state index >= 15 is 0 Å². The van der Waals surface area contributed by atoms with Crippen molar-refractivity contribution in [2.24, 2.45) is 17.3 Å². The molecule has 37 heavy (non-hydrogen) atoms. The first-order valence-electron chi connectivity index (χ1n) is 14.9. The maximum atomic E-state index is 6.58. The topological polar surface area (TPSA) is 53.8 Å². The molecule has 0 aromatic heterocycles. The summed E-state index contributed by atoms with van der Waals surface area (Å²) in [5.41, 5.74) is 11.0. The highest BCUT2D eigenvalue weighted by atomic mass is 16.7. The van der Waals surface area contributed by atoms with E-state index in [1.807, 2.05) is 0 Å². The van der Waals surface area contributed by atoms with E-state index in [1.54, 1.807) is 11.1 Å². The van der Waals surface area contributed by atoms with E-state index in [2.05, 4.69) is 77.7 Å². The molecule has 5 heteroatoms. The van der Waals surface area contributed by atoms with Crippen molar-refractivity contribution in [1.29, 1.82) is 0 Å². The van der Waals surface area contributed by atoms with E-state index in [0.29, 0.717) is 30.0 Å². The highest BCUT2D eigenvalue weighted by molar-refractivity contribution is 5.53. The van der Waals surface area contributed by atoms with Gasteiger partial charge in [0.15, 0.2) is 0 Å². The number of nitrogens with one attached hydrogen (secondary N) is 1. The zero-order valence-electron chi connectivity index (χ0n) is 22.7. The summed E-state index contributed by atoms with van der Waals surface area (Å²) in [5, 5.41) is 6.09. The summed E-state index contributed by atoms with van der Waals surface area (Å²) in [6.45, 7) is 9.70. The van der Waals surface area contributed by atoms with Crippen LogP contribution in [-0.4, -0.2) is 54.3 Å². The third-order valence-corrected chi connectivity index (χ3v) is 11.3. The molecule has 0 radical (unpaired) electrons. The Bertz CT molecular complexity index is 1130. The lowest BCUT2D eigenvalue weighted by molar-refractivity contribution is -0.113. The Kier molecular flexibility index (Phi) is 5.83. The van der Waals surface area contributed by atoms with Crippen molar-refractivity contribution in [3.63, 3.8) is 0 Å². The van der Waals surface area contributed by atoms with E-state index < -0.39 is 0 Å². The van der Waals surface area contributed by atoms with Crippen LogP contribution in [0, 0.1) is 17.3 Å². The fourth-order valence-corrected chi connectivity index (χ4v) is 9.91. The summed E-state index contributed by atoms with van der Waals surface area (Å²) in [7, 11) is 0. The normalized spacial score (nSPS) is 38.8. The number of anilines is 1. The number of likely N-dealkylation sites (tertiary alicyclic amines) is 1. The maximum Gasteiger partial charge on any atom is 0.147 e. The number of hydrogen-bond acceptors (Lipinski definition) is 5.